The Hall–Kier alpha value is -1.25. The van der Waals surface area contributed by atoms with Crippen LogP contribution >= 0.6 is 11.8 Å². The Kier molecular flexibility index (Phi) is 4.67. The minimum Gasteiger partial charge on any atom is -0.309 e. The molecule has 2 aromatic carbocycles. The minimum atomic E-state index is 0.500. The highest BCUT2D eigenvalue weighted by atomic mass is 32.2. The topological polar surface area (TPSA) is 12.0 Å². The number of nitrogens with one attached hydrogen (secondary N) is 1. The summed E-state index contributed by atoms with van der Waals surface area (Å²) in [5.41, 5.74) is 5.89. The number of hydrogen-bond acceptors (Lipinski definition) is 2. The molecule has 1 aliphatic rings. The van der Waals surface area contributed by atoms with Crippen LogP contribution in [0.5, 0.6) is 0 Å². The molecule has 0 saturated heterocycles. The fourth-order valence-corrected chi connectivity index (χ4v) is 4.59. The molecule has 2 atom stereocenters. The lowest BCUT2D eigenvalue weighted by atomic mass is 10.1. The van der Waals surface area contributed by atoms with Gasteiger partial charge in [0.15, 0.2) is 0 Å². The van der Waals surface area contributed by atoms with Crippen molar-refractivity contribution >= 4 is 11.8 Å². The van der Waals surface area contributed by atoms with Crippen LogP contribution < -0.4 is 5.32 Å². The number of benzene rings is 2. The Bertz CT molecular complexity index is 608. The molecule has 0 saturated carbocycles. The van der Waals surface area contributed by atoms with Gasteiger partial charge in [0.25, 0.3) is 0 Å². The number of fused-ring (bicyclic) bond motifs is 1. The highest BCUT2D eigenvalue weighted by Gasteiger charge is 2.31. The molecule has 2 heteroatoms. The lowest BCUT2D eigenvalue weighted by Crippen LogP contribution is -2.26. The van der Waals surface area contributed by atoms with E-state index in [-0.39, 0.29) is 0 Å². The van der Waals surface area contributed by atoms with Crippen LogP contribution in [-0.2, 0) is 12.2 Å². The van der Waals surface area contributed by atoms with Gasteiger partial charge in [0, 0.05) is 17.0 Å². The summed E-state index contributed by atoms with van der Waals surface area (Å²) in [6.45, 7) is 5.44. The molecule has 21 heavy (non-hydrogen) atoms. The molecule has 0 spiro atoms. The van der Waals surface area contributed by atoms with E-state index in [1.807, 2.05) is 0 Å². The Morgan fingerprint density at radius 3 is 2.67 bits per heavy atom. The predicted molar refractivity (Wildman–Crippen MR) is 92.8 cm³/mol. The fourth-order valence-electron chi connectivity index (χ4n) is 3.14. The quantitative estimate of drug-likeness (QED) is 0.872. The smallest absolute Gasteiger partial charge is 0.0446 e. The first-order valence-electron chi connectivity index (χ1n) is 7.77. The van der Waals surface area contributed by atoms with Crippen molar-refractivity contribution in [1.29, 1.82) is 0 Å². The maximum Gasteiger partial charge on any atom is 0.0446 e. The van der Waals surface area contributed by atoms with Gasteiger partial charge in [0.05, 0.1) is 0 Å². The van der Waals surface area contributed by atoms with Gasteiger partial charge in [-0.25, -0.2) is 0 Å². The largest absolute Gasteiger partial charge is 0.309 e. The van der Waals surface area contributed by atoms with Crippen molar-refractivity contribution in [3.05, 3.63) is 70.8 Å². The normalized spacial score (nSPS) is 20.5. The molecule has 0 bridgehead atoms. The summed E-state index contributed by atoms with van der Waals surface area (Å²) in [4.78, 5) is 0. The molecule has 3 rings (SSSR count). The third-order valence-corrected chi connectivity index (χ3v) is 5.67. The first-order chi connectivity index (χ1) is 10.3. The van der Waals surface area contributed by atoms with Crippen LogP contribution in [0.4, 0.5) is 0 Å². The number of aryl methyl sites for hydroxylation is 1. The van der Waals surface area contributed by atoms with E-state index in [0.717, 1.165) is 12.3 Å². The maximum absolute atomic E-state index is 3.68. The van der Waals surface area contributed by atoms with Gasteiger partial charge in [-0.1, -0.05) is 55.5 Å². The highest BCUT2D eigenvalue weighted by Crippen LogP contribution is 2.39. The van der Waals surface area contributed by atoms with Crippen molar-refractivity contribution in [3.8, 4) is 0 Å². The van der Waals surface area contributed by atoms with Gasteiger partial charge in [-0.2, -0.15) is 11.8 Å². The zero-order valence-corrected chi connectivity index (χ0v) is 13.6. The van der Waals surface area contributed by atoms with Crippen molar-refractivity contribution in [2.75, 3.05) is 6.54 Å². The minimum absolute atomic E-state index is 0.500. The van der Waals surface area contributed by atoms with Crippen LogP contribution in [-0.4, -0.2) is 11.8 Å². The summed E-state index contributed by atoms with van der Waals surface area (Å²) < 4.78 is 0. The summed E-state index contributed by atoms with van der Waals surface area (Å²) in [6, 6.07) is 18.1. The molecule has 0 amide bonds. The van der Waals surface area contributed by atoms with E-state index in [4.69, 9.17) is 0 Å². The van der Waals surface area contributed by atoms with E-state index in [2.05, 4.69) is 79.5 Å². The molecule has 1 nitrogen and oxygen atoms in total. The average molecular weight is 297 g/mol. The first kappa shape index (κ1) is 14.7. The summed E-state index contributed by atoms with van der Waals surface area (Å²) in [7, 11) is 0. The van der Waals surface area contributed by atoms with Gasteiger partial charge in [-0.15, -0.1) is 0 Å². The standard InChI is InChI=1S/C19H23NS/c1-3-20-19-17-11-7-6-9-15(17)12-18(19)21-13-16-10-5-4-8-14(16)2/h4-11,18-20H,3,12-13H2,1-2H3. The van der Waals surface area contributed by atoms with Crippen molar-refractivity contribution in [3.63, 3.8) is 0 Å². The van der Waals surface area contributed by atoms with Crippen molar-refractivity contribution < 1.29 is 0 Å². The summed E-state index contributed by atoms with van der Waals surface area (Å²) in [5.74, 6) is 1.10. The SMILES string of the molecule is CCNC1c2ccccc2CC1SCc1ccccc1C. The Labute approximate surface area is 132 Å². The molecule has 0 heterocycles. The molecule has 2 aromatic rings. The van der Waals surface area contributed by atoms with Gasteiger partial charge in [0.1, 0.15) is 0 Å². The molecule has 0 aromatic heterocycles. The third-order valence-electron chi connectivity index (χ3n) is 4.32. The summed E-state index contributed by atoms with van der Waals surface area (Å²) in [5, 5.41) is 4.32. The van der Waals surface area contributed by atoms with Gasteiger partial charge in [-0.3, -0.25) is 0 Å². The van der Waals surface area contributed by atoms with Gasteiger partial charge >= 0.3 is 0 Å². The lowest BCUT2D eigenvalue weighted by Gasteiger charge is -2.21. The molecule has 110 valence electrons. The molecule has 0 aliphatic heterocycles. The second-order valence-electron chi connectivity index (χ2n) is 5.71. The summed E-state index contributed by atoms with van der Waals surface area (Å²) in [6.07, 6.45) is 1.18. The Balaban J connectivity index is 1.72. The Morgan fingerprint density at radius 1 is 1.10 bits per heavy atom. The average Bonchev–Trinajstić information content (AvgIpc) is 2.85. The van der Waals surface area contributed by atoms with Gasteiger partial charge < -0.3 is 5.32 Å². The van der Waals surface area contributed by atoms with Gasteiger partial charge in [-0.05, 0) is 42.1 Å². The second-order valence-corrected chi connectivity index (χ2v) is 6.94. The van der Waals surface area contributed by atoms with E-state index in [1.165, 1.54) is 28.7 Å². The van der Waals surface area contributed by atoms with Crippen LogP contribution in [0, 0.1) is 6.92 Å². The van der Waals surface area contributed by atoms with Gasteiger partial charge in [0.2, 0.25) is 0 Å². The number of rotatable bonds is 5. The number of thioether (sulfide) groups is 1. The van der Waals surface area contributed by atoms with Crippen molar-refractivity contribution in [1.82, 2.24) is 5.32 Å². The summed E-state index contributed by atoms with van der Waals surface area (Å²) >= 11 is 2.09. The van der Waals surface area contributed by atoms with E-state index in [9.17, 15) is 0 Å². The van der Waals surface area contributed by atoms with Crippen LogP contribution in [0.15, 0.2) is 48.5 Å². The monoisotopic (exact) mass is 297 g/mol. The fraction of sp³-hybridized carbons (Fsp3) is 0.368. The maximum atomic E-state index is 3.68. The van der Waals surface area contributed by atoms with E-state index >= 15 is 0 Å². The molecule has 1 N–H and O–H groups in total. The van der Waals surface area contributed by atoms with E-state index in [1.54, 1.807) is 0 Å². The van der Waals surface area contributed by atoms with Crippen LogP contribution in [0.1, 0.15) is 35.2 Å². The lowest BCUT2D eigenvalue weighted by molar-refractivity contribution is 0.560. The van der Waals surface area contributed by atoms with E-state index < -0.39 is 0 Å². The molecule has 0 radical (unpaired) electrons. The van der Waals surface area contributed by atoms with Crippen molar-refractivity contribution in [2.45, 2.75) is 37.3 Å². The zero-order chi connectivity index (χ0) is 14.7. The molecule has 1 aliphatic carbocycles. The van der Waals surface area contributed by atoms with Crippen LogP contribution in [0.3, 0.4) is 0 Å². The molecular weight excluding hydrogens is 274 g/mol. The number of hydrogen-bond donors (Lipinski definition) is 1. The van der Waals surface area contributed by atoms with Crippen molar-refractivity contribution in [2.24, 2.45) is 0 Å². The third kappa shape index (κ3) is 3.17. The molecular formula is C19H23NS. The zero-order valence-electron chi connectivity index (χ0n) is 12.8. The first-order valence-corrected chi connectivity index (χ1v) is 8.81. The second kappa shape index (κ2) is 6.67. The molecule has 0 fully saturated rings. The van der Waals surface area contributed by atoms with E-state index in [0.29, 0.717) is 11.3 Å². The predicted octanol–water partition coefficient (Wildman–Crippen LogP) is 4.50. The van der Waals surface area contributed by atoms with Crippen LogP contribution in [0.2, 0.25) is 0 Å². The molecule has 2 unspecified atom stereocenters. The highest BCUT2D eigenvalue weighted by molar-refractivity contribution is 7.99. The Morgan fingerprint density at radius 2 is 1.86 bits per heavy atom. The van der Waals surface area contributed by atoms with Crippen LogP contribution in [0.25, 0.3) is 0 Å².